The number of hydrogen-bond acceptors (Lipinski definition) is 4. The van der Waals surface area contributed by atoms with E-state index in [4.69, 9.17) is 5.73 Å². The second-order valence-electron chi connectivity index (χ2n) is 9.34. The minimum absolute atomic E-state index is 0. The summed E-state index contributed by atoms with van der Waals surface area (Å²) in [5.74, 6) is -0.745. The highest BCUT2D eigenvalue weighted by atomic mass is 35.5. The fourth-order valence-corrected chi connectivity index (χ4v) is 3.58. The van der Waals surface area contributed by atoms with Gasteiger partial charge in [-0.2, -0.15) is 0 Å². The second-order valence-corrected chi connectivity index (χ2v) is 9.34. The number of carbonyl (C=O) groups excluding carboxylic acids is 3. The van der Waals surface area contributed by atoms with E-state index in [9.17, 15) is 14.4 Å². The van der Waals surface area contributed by atoms with E-state index in [1.807, 2.05) is 65.0 Å². The fraction of sp³-hybridized carbons (Fsp3) is 0.654. The Hall–Kier alpha value is -2.12. The second kappa shape index (κ2) is 17.3. The molecule has 0 aliphatic heterocycles. The first kappa shape index (κ1) is 31.9. The van der Waals surface area contributed by atoms with Crippen LogP contribution in [0, 0.1) is 11.8 Å². The standard InChI is InChI=1S/C26H44N4O3.ClH/c1-6-8-14-21(27)24(31)30-23(19(5)7-2)26(33)29-22(17-18(3)4)25(32)28-16-15-20-12-10-9-11-13-20;/h9-13,18-19,21-23H,6-8,14-17,27H2,1-5H3,(H,28,32)(H,29,33)(H,30,31);1H/t19-,21-,22-,23-;/m0./s1. The van der Waals surface area contributed by atoms with Crippen molar-refractivity contribution < 1.29 is 14.4 Å². The highest BCUT2D eigenvalue weighted by Crippen LogP contribution is 2.12. The third-order valence-electron chi connectivity index (χ3n) is 5.89. The Labute approximate surface area is 211 Å². The van der Waals surface area contributed by atoms with Crippen LogP contribution in [0.4, 0.5) is 0 Å². The maximum Gasteiger partial charge on any atom is 0.243 e. The molecule has 0 unspecified atom stereocenters. The largest absolute Gasteiger partial charge is 0.354 e. The molecule has 5 N–H and O–H groups in total. The van der Waals surface area contributed by atoms with Crippen molar-refractivity contribution in [3.63, 3.8) is 0 Å². The van der Waals surface area contributed by atoms with Crippen molar-refractivity contribution in [1.29, 1.82) is 0 Å². The Kier molecular flexibility index (Phi) is 16.3. The maximum atomic E-state index is 13.2. The molecular weight excluding hydrogens is 452 g/mol. The SMILES string of the molecule is CCCC[C@H](N)C(=O)N[C@H](C(=O)N[C@@H](CC(C)C)C(=O)NCCc1ccccc1)[C@@H](C)CC.Cl. The number of halogens is 1. The number of rotatable bonds is 15. The van der Waals surface area contributed by atoms with Gasteiger partial charge < -0.3 is 21.7 Å². The van der Waals surface area contributed by atoms with Crippen molar-refractivity contribution >= 4 is 30.1 Å². The molecule has 0 heterocycles. The van der Waals surface area contributed by atoms with Crippen molar-refractivity contribution in [3.05, 3.63) is 35.9 Å². The van der Waals surface area contributed by atoms with Gasteiger partial charge in [-0.25, -0.2) is 0 Å². The van der Waals surface area contributed by atoms with Gasteiger partial charge in [0.1, 0.15) is 12.1 Å². The number of nitrogens with one attached hydrogen (secondary N) is 3. The van der Waals surface area contributed by atoms with Gasteiger partial charge in [0.15, 0.2) is 0 Å². The lowest BCUT2D eigenvalue weighted by atomic mass is 9.96. The topological polar surface area (TPSA) is 113 Å². The Morgan fingerprint density at radius 3 is 2.15 bits per heavy atom. The summed E-state index contributed by atoms with van der Waals surface area (Å²) in [7, 11) is 0. The van der Waals surface area contributed by atoms with Gasteiger partial charge in [0, 0.05) is 6.54 Å². The number of unbranched alkanes of at least 4 members (excludes halogenated alkanes) is 1. The molecule has 1 rings (SSSR count). The van der Waals surface area contributed by atoms with E-state index in [0.29, 0.717) is 25.8 Å². The van der Waals surface area contributed by atoms with Gasteiger partial charge in [-0.3, -0.25) is 14.4 Å². The van der Waals surface area contributed by atoms with Crippen molar-refractivity contribution in [2.45, 2.75) is 91.3 Å². The van der Waals surface area contributed by atoms with Gasteiger partial charge in [0.2, 0.25) is 17.7 Å². The Bertz CT molecular complexity index is 730. The van der Waals surface area contributed by atoms with Crippen LogP contribution < -0.4 is 21.7 Å². The van der Waals surface area contributed by atoms with E-state index in [1.165, 1.54) is 0 Å². The summed E-state index contributed by atoms with van der Waals surface area (Å²) < 4.78 is 0. The van der Waals surface area contributed by atoms with Gasteiger partial charge in [0.05, 0.1) is 6.04 Å². The number of benzene rings is 1. The number of amides is 3. The number of nitrogens with two attached hydrogens (primary N) is 1. The lowest BCUT2D eigenvalue weighted by Crippen LogP contribution is -2.57. The Morgan fingerprint density at radius 2 is 1.59 bits per heavy atom. The van der Waals surface area contributed by atoms with Crippen LogP contribution in [0.1, 0.15) is 72.3 Å². The van der Waals surface area contributed by atoms with Crippen LogP contribution >= 0.6 is 12.4 Å². The molecule has 4 atom stereocenters. The summed E-state index contributed by atoms with van der Waals surface area (Å²) in [6.07, 6.45) is 4.33. The molecule has 0 saturated heterocycles. The number of carbonyl (C=O) groups is 3. The normalized spacial score (nSPS) is 14.3. The molecule has 8 heteroatoms. The highest BCUT2D eigenvalue weighted by Gasteiger charge is 2.31. The molecule has 0 saturated carbocycles. The van der Waals surface area contributed by atoms with Crippen LogP contribution in [0.2, 0.25) is 0 Å². The predicted molar refractivity (Wildman–Crippen MR) is 141 cm³/mol. The molecule has 1 aromatic rings. The third kappa shape index (κ3) is 11.8. The quantitative estimate of drug-likeness (QED) is 0.298. The van der Waals surface area contributed by atoms with Crippen molar-refractivity contribution in [2.24, 2.45) is 17.6 Å². The average molecular weight is 497 g/mol. The smallest absolute Gasteiger partial charge is 0.243 e. The summed E-state index contributed by atoms with van der Waals surface area (Å²) in [6.45, 7) is 10.4. The lowest BCUT2D eigenvalue weighted by molar-refractivity contribution is -0.133. The van der Waals surface area contributed by atoms with Gasteiger partial charge in [-0.05, 0) is 36.7 Å². The van der Waals surface area contributed by atoms with Crippen molar-refractivity contribution in [2.75, 3.05) is 6.54 Å². The summed E-state index contributed by atoms with van der Waals surface area (Å²) in [4.78, 5) is 38.6. The fourth-order valence-electron chi connectivity index (χ4n) is 3.58. The zero-order valence-corrected chi connectivity index (χ0v) is 22.3. The first-order chi connectivity index (χ1) is 15.7. The molecule has 0 spiro atoms. The maximum absolute atomic E-state index is 13.2. The zero-order chi connectivity index (χ0) is 24.8. The first-order valence-corrected chi connectivity index (χ1v) is 12.4. The van der Waals surface area contributed by atoms with Crippen LogP contribution in [-0.2, 0) is 20.8 Å². The van der Waals surface area contributed by atoms with Crippen molar-refractivity contribution in [1.82, 2.24) is 16.0 Å². The molecule has 0 bridgehead atoms. The average Bonchev–Trinajstić information content (AvgIpc) is 2.79. The predicted octanol–water partition coefficient (Wildman–Crippen LogP) is 3.35. The highest BCUT2D eigenvalue weighted by molar-refractivity contribution is 5.93. The summed E-state index contributed by atoms with van der Waals surface area (Å²) in [5, 5.41) is 8.67. The molecule has 1 aromatic carbocycles. The lowest BCUT2D eigenvalue weighted by Gasteiger charge is -2.28. The van der Waals surface area contributed by atoms with Gasteiger partial charge in [-0.1, -0.05) is 84.2 Å². The minimum atomic E-state index is -0.734. The molecule has 0 aliphatic rings. The first-order valence-electron chi connectivity index (χ1n) is 12.4. The van der Waals surface area contributed by atoms with Crippen LogP contribution in [0.3, 0.4) is 0 Å². The van der Waals surface area contributed by atoms with E-state index in [1.54, 1.807) is 0 Å². The number of hydrogen-bond donors (Lipinski definition) is 4. The zero-order valence-electron chi connectivity index (χ0n) is 21.4. The molecule has 0 fully saturated rings. The summed E-state index contributed by atoms with van der Waals surface area (Å²) in [5.41, 5.74) is 7.14. The van der Waals surface area contributed by atoms with E-state index >= 15 is 0 Å². The molecule has 3 amide bonds. The summed E-state index contributed by atoms with van der Waals surface area (Å²) in [6, 6.07) is 7.89. The van der Waals surface area contributed by atoms with E-state index < -0.39 is 18.1 Å². The van der Waals surface area contributed by atoms with Crippen LogP contribution in [0.15, 0.2) is 30.3 Å². The van der Waals surface area contributed by atoms with Crippen LogP contribution in [0.25, 0.3) is 0 Å². The van der Waals surface area contributed by atoms with Crippen molar-refractivity contribution in [3.8, 4) is 0 Å². The molecule has 0 aromatic heterocycles. The van der Waals surface area contributed by atoms with E-state index in [0.717, 1.165) is 24.8 Å². The molecular formula is C26H45ClN4O3. The van der Waals surface area contributed by atoms with Gasteiger partial charge >= 0.3 is 0 Å². The molecule has 7 nitrogen and oxygen atoms in total. The molecule has 194 valence electrons. The minimum Gasteiger partial charge on any atom is -0.354 e. The van der Waals surface area contributed by atoms with Gasteiger partial charge in [0.25, 0.3) is 0 Å². The third-order valence-corrected chi connectivity index (χ3v) is 5.89. The molecule has 34 heavy (non-hydrogen) atoms. The van der Waals surface area contributed by atoms with Crippen LogP contribution in [-0.4, -0.2) is 42.4 Å². The Morgan fingerprint density at radius 1 is 0.941 bits per heavy atom. The molecule has 0 aliphatic carbocycles. The van der Waals surface area contributed by atoms with E-state index in [-0.39, 0.29) is 42.0 Å². The van der Waals surface area contributed by atoms with Crippen LogP contribution in [0.5, 0.6) is 0 Å². The van der Waals surface area contributed by atoms with E-state index in [2.05, 4.69) is 16.0 Å². The van der Waals surface area contributed by atoms with Gasteiger partial charge in [-0.15, -0.1) is 12.4 Å². The Balaban J connectivity index is 0.0000109. The summed E-state index contributed by atoms with van der Waals surface area (Å²) >= 11 is 0. The monoisotopic (exact) mass is 496 g/mol. The molecule has 0 radical (unpaired) electrons.